The molecular formula is C21H20NO5-. The molecule has 2 atom stereocenters. The first kappa shape index (κ1) is 17.5. The SMILES string of the molecule is O=C([O-])[C@H]1C[C@@H](O)CCN1C(=O)OCC1c2ccccc2-c2ccccc21. The van der Waals surface area contributed by atoms with Crippen molar-refractivity contribution in [3.8, 4) is 11.1 Å². The first-order chi connectivity index (χ1) is 13.1. The Morgan fingerprint density at radius 2 is 1.67 bits per heavy atom. The van der Waals surface area contributed by atoms with Crippen LogP contribution in [-0.4, -0.2) is 47.4 Å². The Labute approximate surface area is 157 Å². The summed E-state index contributed by atoms with van der Waals surface area (Å²) in [5.41, 5.74) is 4.44. The fourth-order valence-corrected chi connectivity index (χ4v) is 4.07. The number of carbonyl (C=O) groups excluding carboxylic acids is 2. The second kappa shape index (κ2) is 7.04. The maximum Gasteiger partial charge on any atom is 0.410 e. The van der Waals surface area contributed by atoms with E-state index in [1.807, 2.05) is 48.5 Å². The van der Waals surface area contributed by atoms with Crippen LogP contribution in [0, 0.1) is 0 Å². The quantitative estimate of drug-likeness (QED) is 0.889. The number of aliphatic hydroxyl groups excluding tert-OH is 1. The van der Waals surface area contributed by atoms with E-state index in [0.29, 0.717) is 6.42 Å². The molecule has 2 aliphatic rings. The highest BCUT2D eigenvalue weighted by Crippen LogP contribution is 2.44. The zero-order valence-corrected chi connectivity index (χ0v) is 14.7. The summed E-state index contributed by atoms with van der Waals surface area (Å²) >= 11 is 0. The molecule has 0 unspecified atom stereocenters. The fraction of sp³-hybridized carbons (Fsp3) is 0.333. The summed E-state index contributed by atoms with van der Waals surface area (Å²) in [6.45, 7) is 0.266. The lowest BCUT2D eigenvalue weighted by Crippen LogP contribution is -2.55. The number of carbonyl (C=O) groups is 2. The van der Waals surface area contributed by atoms with E-state index in [0.717, 1.165) is 27.2 Å². The molecule has 1 saturated heterocycles. The van der Waals surface area contributed by atoms with E-state index in [-0.39, 0.29) is 25.5 Å². The predicted molar refractivity (Wildman–Crippen MR) is 95.8 cm³/mol. The van der Waals surface area contributed by atoms with Gasteiger partial charge in [0.05, 0.1) is 18.1 Å². The third kappa shape index (κ3) is 3.17. The van der Waals surface area contributed by atoms with Gasteiger partial charge in [-0.3, -0.25) is 4.90 Å². The molecule has 0 bridgehead atoms. The summed E-state index contributed by atoms with van der Waals surface area (Å²) in [4.78, 5) is 25.0. The van der Waals surface area contributed by atoms with Crippen LogP contribution in [0.5, 0.6) is 0 Å². The number of ether oxygens (including phenoxy) is 1. The zero-order valence-electron chi connectivity index (χ0n) is 14.7. The molecule has 0 saturated carbocycles. The molecule has 1 heterocycles. The number of carboxylic acid groups (broad SMARTS) is 1. The number of fused-ring (bicyclic) bond motifs is 3. The Hall–Kier alpha value is -2.86. The number of aliphatic carboxylic acids is 1. The number of piperidine rings is 1. The first-order valence-electron chi connectivity index (χ1n) is 9.07. The summed E-state index contributed by atoms with van der Waals surface area (Å²) in [6, 6.07) is 14.9. The molecule has 2 aromatic rings. The number of nitrogens with zero attached hydrogens (tertiary/aromatic N) is 1. The van der Waals surface area contributed by atoms with Gasteiger partial charge in [-0.1, -0.05) is 48.5 Å². The molecule has 4 rings (SSSR count). The minimum absolute atomic E-state index is 0.0352. The van der Waals surface area contributed by atoms with Gasteiger partial charge in [0.15, 0.2) is 0 Å². The third-order valence-corrected chi connectivity index (χ3v) is 5.42. The summed E-state index contributed by atoms with van der Waals surface area (Å²) < 4.78 is 5.51. The van der Waals surface area contributed by atoms with Crippen LogP contribution in [0.4, 0.5) is 4.79 Å². The number of carboxylic acids is 1. The van der Waals surface area contributed by atoms with Crippen LogP contribution in [-0.2, 0) is 9.53 Å². The van der Waals surface area contributed by atoms with Gasteiger partial charge in [-0.05, 0) is 35.1 Å². The van der Waals surface area contributed by atoms with E-state index in [9.17, 15) is 19.8 Å². The van der Waals surface area contributed by atoms with E-state index in [1.54, 1.807) is 0 Å². The highest BCUT2D eigenvalue weighted by atomic mass is 16.6. The number of benzene rings is 2. The van der Waals surface area contributed by atoms with Crippen molar-refractivity contribution in [1.29, 1.82) is 0 Å². The molecule has 0 aromatic heterocycles. The highest BCUT2D eigenvalue weighted by molar-refractivity contribution is 5.80. The summed E-state index contributed by atoms with van der Waals surface area (Å²) in [6.07, 6.45) is -1.14. The Morgan fingerprint density at radius 1 is 1.07 bits per heavy atom. The zero-order chi connectivity index (χ0) is 19.0. The van der Waals surface area contributed by atoms with Gasteiger partial charge < -0.3 is 19.7 Å². The van der Waals surface area contributed by atoms with E-state index in [4.69, 9.17) is 4.74 Å². The Balaban J connectivity index is 1.52. The lowest BCUT2D eigenvalue weighted by atomic mass is 9.98. The van der Waals surface area contributed by atoms with Crippen molar-refractivity contribution < 1.29 is 24.5 Å². The van der Waals surface area contributed by atoms with Crippen molar-refractivity contribution in [2.45, 2.75) is 30.9 Å². The van der Waals surface area contributed by atoms with Gasteiger partial charge >= 0.3 is 6.09 Å². The molecule has 27 heavy (non-hydrogen) atoms. The maximum absolute atomic E-state index is 12.5. The summed E-state index contributed by atoms with van der Waals surface area (Å²) in [5.74, 6) is -1.46. The largest absolute Gasteiger partial charge is 0.548 e. The number of hydrogen-bond donors (Lipinski definition) is 1. The highest BCUT2D eigenvalue weighted by Gasteiger charge is 2.34. The molecule has 1 aliphatic carbocycles. The van der Waals surface area contributed by atoms with Gasteiger partial charge in [-0.15, -0.1) is 0 Å². The fourth-order valence-electron chi connectivity index (χ4n) is 4.07. The number of likely N-dealkylation sites (tertiary alicyclic amines) is 1. The van der Waals surface area contributed by atoms with Crippen molar-refractivity contribution in [1.82, 2.24) is 4.90 Å². The molecule has 1 N–H and O–H groups in total. The first-order valence-corrected chi connectivity index (χ1v) is 9.07. The average molecular weight is 366 g/mol. The van der Waals surface area contributed by atoms with Crippen LogP contribution in [0.1, 0.15) is 29.9 Å². The third-order valence-electron chi connectivity index (χ3n) is 5.42. The van der Waals surface area contributed by atoms with Gasteiger partial charge in [0.1, 0.15) is 6.61 Å². The average Bonchev–Trinajstić information content (AvgIpc) is 3.00. The van der Waals surface area contributed by atoms with Crippen LogP contribution < -0.4 is 5.11 Å². The molecule has 1 fully saturated rings. The molecule has 2 aromatic carbocycles. The van der Waals surface area contributed by atoms with Crippen LogP contribution in [0.25, 0.3) is 11.1 Å². The summed E-state index contributed by atoms with van der Waals surface area (Å²) in [7, 11) is 0. The molecule has 0 spiro atoms. The van der Waals surface area contributed by atoms with Crippen molar-refractivity contribution in [3.05, 3.63) is 59.7 Å². The van der Waals surface area contributed by atoms with Gasteiger partial charge in [-0.2, -0.15) is 0 Å². The molecule has 1 aliphatic heterocycles. The topological polar surface area (TPSA) is 89.9 Å². The monoisotopic (exact) mass is 366 g/mol. The number of rotatable bonds is 3. The van der Waals surface area contributed by atoms with Crippen molar-refractivity contribution in [2.75, 3.05) is 13.2 Å². The predicted octanol–water partition coefficient (Wildman–Crippen LogP) is 1.51. The van der Waals surface area contributed by atoms with Crippen LogP contribution >= 0.6 is 0 Å². The number of amides is 1. The van der Waals surface area contributed by atoms with Crippen molar-refractivity contribution >= 4 is 12.1 Å². The standard InChI is InChI=1S/C21H21NO5/c23-13-9-10-22(19(11-13)20(24)25)21(26)27-12-18-16-7-3-1-5-14(16)15-6-2-4-8-17(15)18/h1-8,13,18-19,23H,9-12H2,(H,24,25)/p-1/t13-,19+/m0/s1. The minimum atomic E-state index is -1.37. The smallest absolute Gasteiger partial charge is 0.410 e. The van der Waals surface area contributed by atoms with E-state index in [1.165, 1.54) is 0 Å². The molecule has 140 valence electrons. The summed E-state index contributed by atoms with van der Waals surface area (Å²) in [5, 5.41) is 21.0. The van der Waals surface area contributed by atoms with E-state index in [2.05, 4.69) is 0 Å². The van der Waals surface area contributed by atoms with Gasteiger partial charge in [0, 0.05) is 12.5 Å². The molecule has 6 heteroatoms. The lowest BCUT2D eigenvalue weighted by Gasteiger charge is -2.37. The molecule has 0 radical (unpaired) electrons. The van der Waals surface area contributed by atoms with Gasteiger partial charge in [0.25, 0.3) is 0 Å². The molecule has 1 amide bonds. The van der Waals surface area contributed by atoms with Crippen molar-refractivity contribution in [3.63, 3.8) is 0 Å². The van der Waals surface area contributed by atoms with Crippen molar-refractivity contribution in [2.24, 2.45) is 0 Å². The Kier molecular flexibility index (Phi) is 4.58. The molecular weight excluding hydrogens is 346 g/mol. The van der Waals surface area contributed by atoms with E-state index < -0.39 is 24.2 Å². The normalized spacial score (nSPS) is 21.4. The minimum Gasteiger partial charge on any atom is -0.548 e. The Morgan fingerprint density at radius 3 is 2.26 bits per heavy atom. The van der Waals surface area contributed by atoms with Gasteiger partial charge in [-0.25, -0.2) is 4.79 Å². The van der Waals surface area contributed by atoms with Crippen LogP contribution in [0.3, 0.4) is 0 Å². The lowest BCUT2D eigenvalue weighted by molar-refractivity contribution is -0.312. The number of aliphatic hydroxyl groups is 1. The van der Waals surface area contributed by atoms with Gasteiger partial charge in [0.2, 0.25) is 0 Å². The Bertz CT molecular complexity index is 835. The van der Waals surface area contributed by atoms with Crippen LogP contribution in [0.2, 0.25) is 0 Å². The van der Waals surface area contributed by atoms with E-state index >= 15 is 0 Å². The number of hydrogen-bond acceptors (Lipinski definition) is 5. The second-order valence-electron chi connectivity index (χ2n) is 7.01. The maximum atomic E-state index is 12.5. The second-order valence-corrected chi connectivity index (χ2v) is 7.01. The molecule has 6 nitrogen and oxygen atoms in total. The van der Waals surface area contributed by atoms with Crippen LogP contribution in [0.15, 0.2) is 48.5 Å².